The lowest BCUT2D eigenvalue weighted by molar-refractivity contribution is 0.0953. The van der Waals surface area contributed by atoms with Crippen molar-refractivity contribution in [3.63, 3.8) is 0 Å². The highest BCUT2D eigenvalue weighted by atomic mass is 19.1. The molecular weight excluding hydrogens is 405 g/mol. The molecule has 164 valence electrons. The number of nitrogens with one attached hydrogen (secondary N) is 1. The Kier molecular flexibility index (Phi) is 7.12. The maximum absolute atomic E-state index is 13.0. The second-order valence-electron chi connectivity index (χ2n) is 7.55. The molecule has 0 spiro atoms. The first-order valence-electron chi connectivity index (χ1n) is 10.9. The summed E-state index contributed by atoms with van der Waals surface area (Å²) in [5, 5.41) is 2.89. The molecule has 32 heavy (non-hydrogen) atoms. The van der Waals surface area contributed by atoms with E-state index in [9.17, 15) is 9.18 Å². The third-order valence-electron chi connectivity index (χ3n) is 5.24. The molecule has 4 aromatic rings. The summed E-state index contributed by atoms with van der Waals surface area (Å²) in [6.07, 6.45) is 2.37. The first kappa shape index (κ1) is 21.6. The van der Waals surface area contributed by atoms with E-state index in [2.05, 4.69) is 16.0 Å². The summed E-state index contributed by atoms with van der Waals surface area (Å²) in [5.41, 5.74) is 2.54. The van der Waals surface area contributed by atoms with Gasteiger partial charge in [-0.3, -0.25) is 4.79 Å². The quantitative estimate of drug-likeness (QED) is 0.359. The van der Waals surface area contributed by atoms with Crippen molar-refractivity contribution in [2.24, 2.45) is 0 Å². The number of hydrogen-bond donors (Lipinski definition) is 1. The molecule has 6 heteroatoms. The van der Waals surface area contributed by atoms with Crippen LogP contribution in [-0.2, 0) is 13.0 Å². The van der Waals surface area contributed by atoms with Crippen LogP contribution in [0.25, 0.3) is 11.0 Å². The van der Waals surface area contributed by atoms with Crippen molar-refractivity contribution in [1.29, 1.82) is 0 Å². The van der Waals surface area contributed by atoms with Gasteiger partial charge >= 0.3 is 0 Å². The zero-order valence-electron chi connectivity index (χ0n) is 17.8. The van der Waals surface area contributed by atoms with Crippen LogP contribution in [-0.4, -0.2) is 28.6 Å². The standard InChI is InChI=1S/C26H26FN3O2/c27-21-15-13-20(14-16-21)26(31)28-17-6-12-25-29-23-10-4-5-11-24(23)30(25)18-7-19-32-22-8-2-1-3-9-22/h1-5,8-11,13-16H,6-7,12,17-19H2,(H,28,31). The number of nitrogens with zero attached hydrogens (tertiary/aromatic N) is 2. The highest BCUT2D eigenvalue weighted by Gasteiger charge is 2.11. The number of fused-ring (bicyclic) bond motifs is 1. The van der Waals surface area contributed by atoms with Gasteiger partial charge in [0.25, 0.3) is 5.91 Å². The second kappa shape index (κ2) is 10.6. The molecule has 4 rings (SSSR count). The lowest BCUT2D eigenvalue weighted by Gasteiger charge is -2.11. The number of carbonyl (C=O) groups excluding carboxylic acids is 1. The molecule has 0 atom stereocenters. The van der Waals surface area contributed by atoms with Crippen LogP contribution in [0.5, 0.6) is 5.75 Å². The van der Waals surface area contributed by atoms with Crippen LogP contribution in [0.1, 0.15) is 29.0 Å². The predicted octanol–water partition coefficient (Wildman–Crippen LogP) is 5.01. The SMILES string of the molecule is O=C(NCCCc1nc2ccccc2n1CCCOc1ccccc1)c1ccc(F)cc1. The predicted molar refractivity (Wildman–Crippen MR) is 123 cm³/mol. The third-order valence-corrected chi connectivity index (χ3v) is 5.24. The molecule has 1 amide bonds. The molecule has 1 heterocycles. The molecule has 0 unspecified atom stereocenters. The Bertz CT molecular complexity index is 1160. The monoisotopic (exact) mass is 431 g/mol. The van der Waals surface area contributed by atoms with Gasteiger partial charge in [0.15, 0.2) is 0 Å². The highest BCUT2D eigenvalue weighted by molar-refractivity contribution is 5.94. The Morgan fingerprint density at radius 2 is 1.69 bits per heavy atom. The Morgan fingerprint density at radius 3 is 2.50 bits per heavy atom. The van der Waals surface area contributed by atoms with E-state index < -0.39 is 0 Å². The summed E-state index contributed by atoms with van der Waals surface area (Å²) in [4.78, 5) is 17.0. The van der Waals surface area contributed by atoms with Crippen molar-refractivity contribution < 1.29 is 13.9 Å². The van der Waals surface area contributed by atoms with Gasteiger partial charge in [-0.25, -0.2) is 9.37 Å². The van der Waals surface area contributed by atoms with E-state index in [4.69, 9.17) is 9.72 Å². The van der Waals surface area contributed by atoms with Gasteiger partial charge in [0.2, 0.25) is 0 Å². The number of benzene rings is 3. The van der Waals surface area contributed by atoms with E-state index >= 15 is 0 Å². The number of aryl methyl sites for hydroxylation is 2. The lowest BCUT2D eigenvalue weighted by Crippen LogP contribution is -2.25. The molecule has 0 bridgehead atoms. The lowest BCUT2D eigenvalue weighted by atomic mass is 10.2. The fraction of sp³-hybridized carbons (Fsp3) is 0.231. The number of halogens is 1. The van der Waals surface area contributed by atoms with Crippen molar-refractivity contribution in [3.05, 3.63) is 96.1 Å². The maximum atomic E-state index is 13.0. The molecule has 5 nitrogen and oxygen atoms in total. The molecule has 0 aliphatic carbocycles. The first-order valence-corrected chi connectivity index (χ1v) is 10.9. The molecule has 0 fully saturated rings. The Hall–Kier alpha value is -3.67. The minimum absolute atomic E-state index is 0.198. The molecule has 1 N–H and O–H groups in total. The third kappa shape index (κ3) is 5.52. The van der Waals surface area contributed by atoms with Gasteiger partial charge in [0, 0.05) is 25.1 Å². The van der Waals surface area contributed by atoms with Crippen molar-refractivity contribution in [3.8, 4) is 5.75 Å². The summed E-state index contributed by atoms with van der Waals surface area (Å²) in [6.45, 7) is 1.96. The Labute approximate surface area is 186 Å². The van der Waals surface area contributed by atoms with Crippen molar-refractivity contribution in [1.82, 2.24) is 14.9 Å². The van der Waals surface area contributed by atoms with Crippen LogP contribution < -0.4 is 10.1 Å². The number of aromatic nitrogens is 2. The summed E-state index contributed by atoms with van der Waals surface area (Å²) < 4.78 is 21.1. The number of carbonyl (C=O) groups is 1. The number of hydrogen-bond acceptors (Lipinski definition) is 3. The molecule has 0 radical (unpaired) electrons. The fourth-order valence-corrected chi connectivity index (χ4v) is 3.65. The average Bonchev–Trinajstić information content (AvgIpc) is 3.18. The van der Waals surface area contributed by atoms with E-state index in [0.29, 0.717) is 18.7 Å². The smallest absolute Gasteiger partial charge is 0.251 e. The van der Waals surface area contributed by atoms with Crippen molar-refractivity contribution in [2.45, 2.75) is 25.8 Å². The molecule has 1 aromatic heterocycles. The minimum Gasteiger partial charge on any atom is -0.494 e. The van der Waals surface area contributed by atoms with Crippen LogP contribution in [0.15, 0.2) is 78.9 Å². The van der Waals surface area contributed by atoms with Crippen molar-refractivity contribution in [2.75, 3.05) is 13.2 Å². The molecule has 0 saturated heterocycles. The van der Waals surface area contributed by atoms with E-state index in [1.807, 2.05) is 48.5 Å². The molecular formula is C26H26FN3O2. The summed E-state index contributed by atoms with van der Waals surface area (Å²) >= 11 is 0. The normalized spacial score (nSPS) is 10.9. The fourth-order valence-electron chi connectivity index (χ4n) is 3.65. The molecule has 3 aromatic carbocycles. The number of para-hydroxylation sites is 3. The van der Waals surface area contributed by atoms with Crippen LogP contribution in [0.2, 0.25) is 0 Å². The number of amides is 1. The molecule has 0 aliphatic rings. The Morgan fingerprint density at radius 1 is 0.938 bits per heavy atom. The van der Waals surface area contributed by atoms with Crippen LogP contribution >= 0.6 is 0 Å². The van der Waals surface area contributed by atoms with Gasteiger partial charge in [-0.2, -0.15) is 0 Å². The summed E-state index contributed by atoms with van der Waals surface area (Å²) in [5.74, 6) is 1.33. The van der Waals surface area contributed by atoms with Gasteiger partial charge in [-0.1, -0.05) is 30.3 Å². The zero-order chi connectivity index (χ0) is 22.2. The number of ether oxygens (including phenoxy) is 1. The van der Waals surface area contributed by atoms with Crippen LogP contribution in [0.4, 0.5) is 4.39 Å². The molecule has 0 saturated carbocycles. The largest absolute Gasteiger partial charge is 0.494 e. The summed E-state index contributed by atoms with van der Waals surface area (Å²) in [7, 11) is 0. The van der Waals surface area contributed by atoms with Crippen molar-refractivity contribution >= 4 is 16.9 Å². The Balaban J connectivity index is 1.32. The first-order chi connectivity index (χ1) is 15.7. The van der Waals surface area contributed by atoms with Crippen LogP contribution in [0.3, 0.4) is 0 Å². The van der Waals surface area contributed by atoms with E-state index in [1.165, 1.54) is 24.3 Å². The topological polar surface area (TPSA) is 56.2 Å². The van der Waals surface area contributed by atoms with Gasteiger partial charge in [-0.15, -0.1) is 0 Å². The number of rotatable bonds is 10. The van der Waals surface area contributed by atoms with Gasteiger partial charge in [0.1, 0.15) is 17.4 Å². The van der Waals surface area contributed by atoms with Gasteiger partial charge in [-0.05, 0) is 61.4 Å². The van der Waals surface area contributed by atoms with E-state index in [0.717, 1.165) is 48.4 Å². The second-order valence-corrected chi connectivity index (χ2v) is 7.55. The van der Waals surface area contributed by atoms with E-state index in [1.54, 1.807) is 0 Å². The minimum atomic E-state index is -0.352. The van der Waals surface area contributed by atoms with Gasteiger partial charge < -0.3 is 14.6 Å². The van der Waals surface area contributed by atoms with Crippen LogP contribution in [0, 0.1) is 5.82 Å². The average molecular weight is 432 g/mol. The van der Waals surface area contributed by atoms with E-state index in [-0.39, 0.29) is 11.7 Å². The summed E-state index contributed by atoms with van der Waals surface area (Å²) in [6, 6.07) is 23.5. The highest BCUT2D eigenvalue weighted by Crippen LogP contribution is 2.18. The van der Waals surface area contributed by atoms with Gasteiger partial charge in [0.05, 0.1) is 17.6 Å². The maximum Gasteiger partial charge on any atom is 0.251 e. The number of imidazole rings is 1. The zero-order valence-corrected chi connectivity index (χ0v) is 17.8. The molecule has 0 aliphatic heterocycles.